The molecule has 1 saturated carbocycles. The van der Waals surface area contributed by atoms with Crippen LogP contribution in [-0.2, 0) is 11.2 Å². The summed E-state index contributed by atoms with van der Waals surface area (Å²) in [5.41, 5.74) is 3.40. The number of Topliss-reactive ketones (excluding diaryl/α,β-unsaturated/α-hetero) is 1. The Kier molecular flexibility index (Phi) is 3.55. The maximum Gasteiger partial charge on any atom is 0.134 e. The molecule has 2 aromatic rings. The van der Waals surface area contributed by atoms with Crippen LogP contribution in [0.3, 0.4) is 0 Å². The predicted octanol–water partition coefficient (Wildman–Crippen LogP) is 4.03. The van der Waals surface area contributed by atoms with Gasteiger partial charge >= 0.3 is 0 Å². The number of hydrogen-bond donors (Lipinski definition) is 0. The molecule has 1 aliphatic rings. The minimum Gasteiger partial charge on any atom is -0.490 e. The molecule has 0 saturated heterocycles. The molecule has 0 unspecified atom stereocenters. The van der Waals surface area contributed by atoms with Gasteiger partial charge in [0.25, 0.3) is 0 Å². The Balaban J connectivity index is 1.72. The zero-order chi connectivity index (χ0) is 13.9. The van der Waals surface area contributed by atoms with E-state index in [0.717, 1.165) is 16.9 Å². The fourth-order valence-electron chi connectivity index (χ4n) is 2.21. The summed E-state index contributed by atoms with van der Waals surface area (Å²) in [6, 6.07) is 16.4. The molecular weight excluding hydrogens is 248 g/mol. The van der Waals surface area contributed by atoms with E-state index in [9.17, 15) is 4.79 Å². The van der Waals surface area contributed by atoms with Gasteiger partial charge in [-0.25, -0.2) is 0 Å². The molecule has 0 spiro atoms. The maximum atomic E-state index is 11.1. The summed E-state index contributed by atoms with van der Waals surface area (Å²) in [6.07, 6.45) is 3.30. The summed E-state index contributed by atoms with van der Waals surface area (Å²) >= 11 is 0. The molecule has 102 valence electrons. The number of benzene rings is 2. The predicted molar refractivity (Wildman–Crippen MR) is 79.9 cm³/mol. The largest absolute Gasteiger partial charge is 0.490 e. The van der Waals surface area contributed by atoms with E-state index in [1.54, 1.807) is 6.92 Å². The first-order chi connectivity index (χ1) is 9.70. The van der Waals surface area contributed by atoms with Gasteiger partial charge in [0, 0.05) is 6.42 Å². The molecule has 2 nitrogen and oxygen atoms in total. The lowest BCUT2D eigenvalue weighted by Gasteiger charge is -2.07. The number of carbonyl (C=O) groups excluding carboxylic acids is 1. The van der Waals surface area contributed by atoms with E-state index in [1.807, 2.05) is 24.3 Å². The van der Waals surface area contributed by atoms with Crippen molar-refractivity contribution < 1.29 is 9.53 Å². The van der Waals surface area contributed by atoms with Gasteiger partial charge in [0.05, 0.1) is 6.10 Å². The normalized spacial score (nSPS) is 14.1. The van der Waals surface area contributed by atoms with Crippen LogP contribution in [0.2, 0.25) is 0 Å². The van der Waals surface area contributed by atoms with Gasteiger partial charge in [0.15, 0.2) is 0 Å². The molecule has 3 rings (SSSR count). The molecule has 0 radical (unpaired) electrons. The van der Waals surface area contributed by atoms with Gasteiger partial charge in [-0.2, -0.15) is 0 Å². The first-order valence-corrected chi connectivity index (χ1v) is 7.06. The number of carbonyl (C=O) groups is 1. The fraction of sp³-hybridized carbons (Fsp3) is 0.278. The van der Waals surface area contributed by atoms with Crippen molar-refractivity contribution in [2.24, 2.45) is 0 Å². The summed E-state index contributed by atoms with van der Waals surface area (Å²) in [5, 5.41) is 0. The Morgan fingerprint density at radius 2 is 1.55 bits per heavy atom. The minimum absolute atomic E-state index is 0.194. The zero-order valence-electron chi connectivity index (χ0n) is 11.6. The van der Waals surface area contributed by atoms with E-state index in [4.69, 9.17) is 4.74 Å². The van der Waals surface area contributed by atoms with E-state index < -0.39 is 0 Å². The summed E-state index contributed by atoms with van der Waals surface area (Å²) in [7, 11) is 0. The second-order valence-electron chi connectivity index (χ2n) is 5.42. The van der Waals surface area contributed by atoms with Gasteiger partial charge in [0.1, 0.15) is 11.5 Å². The second kappa shape index (κ2) is 5.49. The Bertz CT molecular complexity index is 592. The zero-order valence-corrected chi connectivity index (χ0v) is 11.6. The molecule has 0 heterocycles. The second-order valence-corrected chi connectivity index (χ2v) is 5.42. The van der Waals surface area contributed by atoms with Gasteiger partial charge in [-0.05, 0) is 48.6 Å². The van der Waals surface area contributed by atoms with Crippen LogP contribution < -0.4 is 4.74 Å². The van der Waals surface area contributed by atoms with Gasteiger partial charge < -0.3 is 4.74 Å². The lowest BCUT2D eigenvalue weighted by atomic mass is 10.0. The van der Waals surface area contributed by atoms with Crippen molar-refractivity contribution in [3.63, 3.8) is 0 Å². The quantitative estimate of drug-likeness (QED) is 0.816. The molecule has 0 aromatic heterocycles. The van der Waals surface area contributed by atoms with E-state index in [1.165, 1.54) is 18.4 Å². The van der Waals surface area contributed by atoms with Crippen molar-refractivity contribution in [2.75, 3.05) is 0 Å². The van der Waals surface area contributed by atoms with Gasteiger partial charge in [-0.3, -0.25) is 4.79 Å². The molecule has 0 atom stereocenters. The fourth-order valence-corrected chi connectivity index (χ4v) is 2.21. The third-order valence-electron chi connectivity index (χ3n) is 3.42. The topological polar surface area (TPSA) is 26.3 Å². The van der Waals surface area contributed by atoms with Crippen molar-refractivity contribution in [1.82, 2.24) is 0 Å². The third-order valence-corrected chi connectivity index (χ3v) is 3.42. The number of ether oxygens (including phenoxy) is 1. The highest BCUT2D eigenvalue weighted by molar-refractivity contribution is 5.78. The number of ketones is 1. The van der Waals surface area contributed by atoms with Crippen molar-refractivity contribution in [1.29, 1.82) is 0 Å². The summed E-state index contributed by atoms with van der Waals surface area (Å²) in [6.45, 7) is 1.62. The molecule has 1 fully saturated rings. The molecule has 20 heavy (non-hydrogen) atoms. The Morgan fingerprint density at radius 1 is 1.00 bits per heavy atom. The molecule has 2 aromatic carbocycles. The van der Waals surface area contributed by atoms with Gasteiger partial charge in [-0.1, -0.05) is 36.4 Å². The Morgan fingerprint density at radius 3 is 2.05 bits per heavy atom. The SMILES string of the molecule is CC(=O)Cc1ccc(-c2ccc(OC3CC3)cc2)cc1. The van der Waals surface area contributed by atoms with Crippen molar-refractivity contribution in [3.8, 4) is 16.9 Å². The first kappa shape index (κ1) is 12.9. The lowest BCUT2D eigenvalue weighted by molar-refractivity contribution is -0.116. The molecular formula is C18H18O2. The van der Waals surface area contributed by atoms with E-state index in [0.29, 0.717) is 12.5 Å². The average molecular weight is 266 g/mol. The smallest absolute Gasteiger partial charge is 0.134 e. The molecule has 0 amide bonds. The van der Waals surface area contributed by atoms with Crippen LogP contribution in [0.1, 0.15) is 25.3 Å². The van der Waals surface area contributed by atoms with Crippen LogP contribution in [0.4, 0.5) is 0 Å². The highest BCUT2D eigenvalue weighted by atomic mass is 16.5. The van der Waals surface area contributed by atoms with Crippen LogP contribution in [0.5, 0.6) is 5.75 Å². The van der Waals surface area contributed by atoms with Crippen molar-refractivity contribution >= 4 is 5.78 Å². The molecule has 0 aliphatic heterocycles. The Labute approximate surface area is 119 Å². The molecule has 2 heteroatoms. The van der Waals surface area contributed by atoms with Crippen LogP contribution in [0.15, 0.2) is 48.5 Å². The minimum atomic E-state index is 0.194. The lowest BCUT2D eigenvalue weighted by Crippen LogP contribution is -1.96. The van der Waals surface area contributed by atoms with Gasteiger partial charge in [0.2, 0.25) is 0 Å². The highest BCUT2D eigenvalue weighted by Gasteiger charge is 2.23. The summed E-state index contributed by atoms with van der Waals surface area (Å²) in [4.78, 5) is 11.1. The van der Waals surface area contributed by atoms with Crippen molar-refractivity contribution in [3.05, 3.63) is 54.1 Å². The molecule has 1 aliphatic carbocycles. The van der Waals surface area contributed by atoms with Crippen LogP contribution in [-0.4, -0.2) is 11.9 Å². The first-order valence-electron chi connectivity index (χ1n) is 7.06. The van der Waals surface area contributed by atoms with Crippen LogP contribution in [0.25, 0.3) is 11.1 Å². The molecule has 0 bridgehead atoms. The van der Waals surface area contributed by atoms with Gasteiger partial charge in [-0.15, -0.1) is 0 Å². The Hall–Kier alpha value is -2.09. The van der Waals surface area contributed by atoms with Crippen molar-refractivity contribution in [2.45, 2.75) is 32.3 Å². The number of hydrogen-bond acceptors (Lipinski definition) is 2. The van der Waals surface area contributed by atoms with Crippen LogP contribution >= 0.6 is 0 Å². The van der Waals surface area contributed by atoms with E-state index in [-0.39, 0.29) is 5.78 Å². The van der Waals surface area contributed by atoms with Crippen LogP contribution in [0, 0.1) is 0 Å². The maximum absolute atomic E-state index is 11.1. The molecule has 0 N–H and O–H groups in total. The summed E-state index contributed by atoms with van der Waals surface area (Å²) in [5.74, 6) is 1.14. The third kappa shape index (κ3) is 3.27. The monoisotopic (exact) mass is 266 g/mol. The standard InChI is InChI=1S/C18H18O2/c1-13(19)12-14-2-4-15(5-3-14)16-6-8-17(9-7-16)20-18-10-11-18/h2-9,18H,10-12H2,1H3. The van der Waals surface area contributed by atoms with E-state index in [2.05, 4.69) is 24.3 Å². The van der Waals surface area contributed by atoms with E-state index >= 15 is 0 Å². The average Bonchev–Trinajstić information content (AvgIpc) is 3.24. The number of rotatable bonds is 5. The summed E-state index contributed by atoms with van der Waals surface area (Å²) < 4.78 is 5.74. The highest BCUT2D eigenvalue weighted by Crippen LogP contribution is 2.28.